The fraction of sp³-hybridized carbons (Fsp3) is 0.353. The van der Waals surface area contributed by atoms with Crippen LogP contribution < -0.4 is 5.73 Å². The number of hydrogen-bond donors (Lipinski definition) is 1. The highest BCUT2D eigenvalue weighted by atomic mass is 35.5. The lowest BCUT2D eigenvalue weighted by Gasteiger charge is -2.16. The van der Waals surface area contributed by atoms with Gasteiger partial charge < -0.3 is 10.3 Å². The van der Waals surface area contributed by atoms with Crippen molar-refractivity contribution in [3.63, 3.8) is 0 Å². The Bertz CT molecular complexity index is 531. The molecule has 0 saturated heterocycles. The Balaban J connectivity index is 5.29. The number of alkyl halides is 1. The van der Waals surface area contributed by atoms with Gasteiger partial charge in [0.2, 0.25) is 0 Å². The minimum atomic E-state index is -1.40. The molecule has 0 aromatic heterocycles. The number of hydrogen-bond acceptors (Lipinski definition) is 3. The van der Waals surface area contributed by atoms with Gasteiger partial charge in [-0.25, -0.2) is 0 Å². The van der Waals surface area contributed by atoms with E-state index in [4.69, 9.17) is 17.3 Å². The summed E-state index contributed by atoms with van der Waals surface area (Å²) in [4.78, 5) is 5.24. The van der Waals surface area contributed by atoms with Gasteiger partial charge in [-0.15, -0.1) is 0 Å². The quantitative estimate of drug-likeness (QED) is 0.236. The molecule has 0 aliphatic carbocycles. The highest BCUT2D eigenvalue weighted by Gasteiger charge is 2.21. The largest absolute Gasteiger partial charge is 0.607 e. The average molecular weight is 341 g/mol. The van der Waals surface area contributed by atoms with Gasteiger partial charge in [0.1, 0.15) is 10.4 Å². The molecule has 2 N–H and O–H groups in total. The Morgan fingerprint density at radius 2 is 1.86 bits per heavy atom. The van der Waals surface area contributed by atoms with Crippen LogP contribution in [0.2, 0.25) is 0 Å². The van der Waals surface area contributed by atoms with Crippen LogP contribution in [-0.2, 0) is 11.2 Å². The predicted molar refractivity (Wildman–Crippen MR) is 101 cm³/mol. The third-order valence-electron chi connectivity index (χ3n) is 2.87. The smallest absolute Gasteiger partial charge is 0.159 e. The standard InChI is InChI=1S/C17H25ClN2OS/c1-8-9-17(13(4)19)10-11(2)22(21)15(6)12(3)14(5)20-16(7)18/h8-10,13,16H,1,3,6,19H2,2,4-5,7H3/b11-10+,17-9+,20-14+. The molecular formula is C17H25ClN2OS. The monoisotopic (exact) mass is 340 g/mol. The van der Waals surface area contributed by atoms with Crippen molar-refractivity contribution < 1.29 is 4.55 Å². The third kappa shape index (κ3) is 6.79. The molecular weight excluding hydrogens is 316 g/mol. The minimum Gasteiger partial charge on any atom is -0.607 e. The molecule has 3 atom stereocenters. The first-order valence-corrected chi connectivity index (χ1v) is 8.45. The second kappa shape index (κ2) is 9.85. The molecule has 3 unspecified atom stereocenters. The fourth-order valence-corrected chi connectivity index (χ4v) is 2.76. The Labute approximate surface area is 142 Å². The lowest BCUT2D eigenvalue weighted by Crippen LogP contribution is -2.18. The van der Waals surface area contributed by atoms with E-state index >= 15 is 0 Å². The lowest BCUT2D eigenvalue weighted by molar-refractivity contribution is 0.607. The zero-order valence-corrected chi connectivity index (χ0v) is 15.3. The summed E-state index contributed by atoms with van der Waals surface area (Å²) in [6.45, 7) is 18.6. The van der Waals surface area contributed by atoms with E-state index in [0.29, 0.717) is 21.1 Å². The van der Waals surface area contributed by atoms with Crippen LogP contribution in [0.3, 0.4) is 0 Å². The molecule has 0 spiro atoms. The van der Waals surface area contributed by atoms with Gasteiger partial charge in [0.25, 0.3) is 0 Å². The molecule has 0 aromatic rings. The van der Waals surface area contributed by atoms with Gasteiger partial charge in [0.15, 0.2) is 4.91 Å². The van der Waals surface area contributed by atoms with Gasteiger partial charge in [-0.1, -0.05) is 36.9 Å². The van der Waals surface area contributed by atoms with E-state index in [2.05, 4.69) is 24.7 Å². The minimum absolute atomic E-state index is 0.179. The van der Waals surface area contributed by atoms with E-state index < -0.39 is 11.2 Å². The first kappa shape index (κ1) is 20.9. The molecule has 0 bridgehead atoms. The normalized spacial score (nSPS) is 17.7. The van der Waals surface area contributed by atoms with Crippen molar-refractivity contribution in [2.24, 2.45) is 10.7 Å². The summed E-state index contributed by atoms with van der Waals surface area (Å²) in [5.41, 5.74) is 7.52. The Morgan fingerprint density at radius 1 is 1.32 bits per heavy atom. The summed E-state index contributed by atoms with van der Waals surface area (Å²) in [7, 11) is 0. The van der Waals surface area contributed by atoms with Gasteiger partial charge in [-0.3, -0.25) is 4.99 Å². The van der Waals surface area contributed by atoms with E-state index in [1.165, 1.54) is 0 Å². The van der Waals surface area contributed by atoms with Crippen LogP contribution in [0.25, 0.3) is 0 Å². The third-order valence-corrected chi connectivity index (χ3v) is 4.36. The zero-order valence-electron chi connectivity index (χ0n) is 13.7. The van der Waals surface area contributed by atoms with Crippen molar-refractivity contribution in [1.29, 1.82) is 0 Å². The summed E-state index contributed by atoms with van der Waals surface area (Å²) in [5.74, 6) is 0. The summed E-state index contributed by atoms with van der Waals surface area (Å²) in [5, 5.41) is 0. The molecule has 22 heavy (non-hydrogen) atoms. The molecule has 0 aliphatic rings. The summed E-state index contributed by atoms with van der Waals surface area (Å²) >= 11 is 4.42. The summed E-state index contributed by atoms with van der Waals surface area (Å²) in [6.07, 6.45) is 5.24. The van der Waals surface area contributed by atoms with Gasteiger partial charge in [0, 0.05) is 35.4 Å². The molecule has 0 saturated carbocycles. The topological polar surface area (TPSA) is 61.4 Å². The molecule has 0 aromatic carbocycles. The maximum absolute atomic E-state index is 12.5. The SMILES string of the molecule is C=C/C=C(\C=C(/C)[S+]([O-])C(=C)C(=C)/C(C)=N/C(C)Cl)C(C)N. The van der Waals surface area contributed by atoms with Gasteiger partial charge in [0.05, 0.1) is 0 Å². The number of nitrogens with zero attached hydrogens (tertiary/aromatic N) is 1. The molecule has 0 amide bonds. The Kier molecular flexibility index (Phi) is 9.37. The van der Waals surface area contributed by atoms with Crippen LogP contribution >= 0.6 is 11.6 Å². The molecule has 0 fully saturated rings. The summed E-state index contributed by atoms with van der Waals surface area (Å²) < 4.78 is 12.5. The number of allylic oxidation sites excluding steroid dienone is 4. The van der Waals surface area contributed by atoms with Crippen LogP contribution in [0.1, 0.15) is 27.7 Å². The van der Waals surface area contributed by atoms with Crippen molar-refractivity contribution in [2.45, 2.75) is 39.2 Å². The van der Waals surface area contributed by atoms with Crippen molar-refractivity contribution >= 4 is 28.5 Å². The number of rotatable bonds is 8. The molecule has 0 radical (unpaired) electrons. The first-order valence-electron chi connectivity index (χ1n) is 6.87. The highest BCUT2D eigenvalue weighted by Crippen LogP contribution is 2.24. The average Bonchev–Trinajstić information content (AvgIpc) is 2.43. The van der Waals surface area contributed by atoms with E-state index in [1.54, 1.807) is 39.0 Å². The predicted octanol–water partition coefficient (Wildman–Crippen LogP) is 4.21. The van der Waals surface area contributed by atoms with Gasteiger partial charge in [-0.2, -0.15) is 0 Å². The maximum Gasteiger partial charge on any atom is 0.159 e. The van der Waals surface area contributed by atoms with Gasteiger partial charge >= 0.3 is 0 Å². The first-order chi connectivity index (χ1) is 10.1. The second-order valence-electron chi connectivity index (χ2n) is 4.91. The number of aliphatic imine (C=N–C) groups is 1. The van der Waals surface area contributed by atoms with Crippen molar-refractivity contribution in [2.75, 3.05) is 0 Å². The molecule has 122 valence electrons. The maximum atomic E-state index is 12.5. The van der Waals surface area contributed by atoms with Crippen molar-refractivity contribution in [3.8, 4) is 0 Å². The lowest BCUT2D eigenvalue weighted by atomic mass is 10.1. The summed E-state index contributed by atoms with van der Waals surface area (Å²) in [6, 6.07) is -0.179. The molecule has 0 heterocycles. The molecule has 3 nitrogen and oxygen atoms in total. The molecule has 0 rings (SSSR count). The van der Waals surface area contributed by atoms with E-state index in [9.17, 15) is 4.55 Å². The van der Waals surface area contributed by atoms with Crippen LogP contribution in [0, 0.1) is 0 Å². The number of halogens is 1. The van der Waals surface area contributed by atoms with Crippen LogP contribution in [0.4, 0.5) is 0 Å². The van der Waals surface area contributed by atoms with E-state index in [0.717, 1.165) is 5.57 Å². The van der Waals surface area contributed by atoms with E-state index in [-0.39, 0.29) is 11.5 Å². The van der Waals surface area contributed by atoms with Crippen molar-refractivity contribution in [3.05, 3.63) is 58.9 Å². The molecule has 5 heteroatoms. The van der Waals surface area contributed by atoms with Crippen LogP contribution in [0.5, 0.6) is 0 Å². The number of nitrogens with two attached hydrogens (primary N) is 1. The Morgan fingerprint density at radius 3 is 2.27 bits per heavy atom. The van der Waals surface area contributed by atoms with Crippen LogP contribution in [-0.4, -0.2) is 21.8 Å². The van der Waals surface area contributed by atoms with E-state index in [1.807, 2.05) is 6.92 Å². The van der Waals surface area contributed by atoms with Crippen molar-refractivity contribution in [1.82, 2.24) is 0 Å². The fourth-order valence-electron chi connectivity index (χ4n) is 1.61. The Hall–Kier alpha value is -1.07. The zero-order chi connectivity index (χ0) is 17.4. The van der Waals surface area contributed by atoms with Gasteiger partial charge in [-0.05, 0) is 39.0 Å². The van der Waals surface area contributed by atoms with Crippen LogP contribution in [0.15, 0.2) is 63.9 Å². The highest BCUT2D eigenvalue weighted by molar-refractivity contribution is 7.99. The second-order valence-corrected chi connectivity index (χ2v) is 7.21. The molecule has 0 aliphatic heterocycles.